The van der Waals surface area contributed by atoms with Crippen molar-refractivity contribution < 1.29 is 4.74 Å². The molecule has 1 aromatic rings. The summed E-state index contributed by atoms with van der Waals surface area (Å²) in [6.07, 6.45) is 1.15. The van der Waals surface area contributed by atoms with Crippen LogP contribution in [0.2, 0.25) is 5.02 Å². The number of hydrogen-bond donors (Lipinski definition) is 1. The van der Waals surface area contributed by atoms with Crippen molar-refractivity contribution in [2.45, 2.75) is 39.8 Å². The molecule has 0 atom stereocenters. The molecule has 5 heteroatoms. The average molecular weight is 260 g/mol. The third-order valence-corrected chi connectivity index (χ3v) is 2.96. The summed E-state index contributed by atoms with van der Waals surface area (Å²) in [4.78, 5) is 0. The largest absolute Gasteiger partial charge is 0.377 e. The summed E-state index contributed by atoms with van der Waals surface area (Å²) < 4.78 is 7.29. The molecule has 1 rings (SSSR count). The van der Waals surface area contributed by atoms with E-state index < -0.39 is 0 Å². The maximum Gasteiger partial charge on any atom is 0.0863 e. The fourth-order valence-electron chi connectivity index (χ4n) is 1.59. The molecule has 0 amide bonds. The van der Waals surface area contributed by atoms with Crippen LogP contribution in [0.3, 0.4) is 0 Å². The van der Waals surface area contributed by atoms with E-state index in [0.717, 1.165) is 35.9 Å². The van der Waals surface area contributed by atoms with Crippen LogP contribution in [0.4, 0.5) is 0 Å². The Morgan fingerprint density at radius 2 is 2.18 bits per heavy atom. The number of aromatic nitrogens is 2. The second-order valence-corrected chi connectivity index (χ2v) is 4.66. The normalized spacial score (nSPS) is 11.4. The fraction of sp³-hybridized carbons (Fsp3) is 0.750. The number of nitrogens with one attached hydrogen (secondary N) is 1. The van der Waals surface area contributed by atoms with Gasteiger partial charge in [0.2, 0.25) is 0 Å². The smallest absolute Gasteiger partial charge is 0.0863 e. The summed E-state index contributed by atoms with van der Waals surface area (Å²) in [6, 6.07) is 0. The van der Waals surface area contributed by atoms with Gasteiger partial charge in [0.15, 0.2) is 0 Å². The maximum absolute atomic E-state index is 6.24. The van der Waals surface area contributed by atoms with Gasteiger partial charge in [0.1, 0.15) is 0 Å². The molecule has 0 bridgehead atoms. The first-order valence-electron chi connectivity index (χ1n) is 6.08. The lowest BCUT2D eigenvalue weighted by atomic mass is 10.3. The maximum atomic E-state index is 6.24. The number of ether oxygens (including phenoxy) is 1. The molecule has 0 spiro atoms. The lowest BCUT2D eigenvalue weighted by molar-refractivity contribution is 0.0806. The van der Waals surface area contributed by atoms with Crippen LogP contribution in [-0.2, 0) is 24.8 Å². The molecule has 4 nitrogen and oxygen atoms in total. The molecule has 1 aromatic heterocycles. The van der Waals surface area contributed by atoms with E-state index in [4.69, 9.17) is 16.3 Å². The van der Waals surface area contributed by atoms with Gasteiger partial charge < -0.3 is 10.1 Å². The Bertz CT molecular complexity index is 350. The van der Waals surface area contributed by atoms with Crippen molar-refractivity contribution in [1.29, 1.82) is 0 Å². The average Bonchev–Trinajstić information content (AvgIpc) is 2.54. The van der Waals surface area contributed by atoms with Crippen LogP contribution in [-0.4, -0.2) is 29.0 Å². The zero-order valence-electron chi connectivity index (χ0n) is 11.1. The van der Waals surface area contributed by atoms with Crippen molar-refractivity contribution in [3.63, 3.8) is 0 Å². The standard InChI is InChI=1S/C12H22ClN3O/c1-5-10-12(13)11(16(4)15-10)8-14-6-7-17-9(2)3/h9,14H,5-8H2,1-4H3. The highest BCUT2D eigenvalue weighted by Gasteiger charge is 2.11. The van der Waals surface area contributed by atoms with Gasteiger partial charge in [-0.3, -0.25) is 4.68 Å². The van der Waals surface area contributed by atoms with Gasteiger partial charge in [-0.1, -0.05) is 18.5 Å². The zero-order valence-corrected chi connectivity index (χ0v) is 11.8. The molecule has 0 unspecified atom stereocenters. The molecule has 17 heavy (non-hydrogen) atoms. The van der Waals surface area contributed by atoms with E-state index in [9.17, 15) is 0 Å². The lowest BCUT2D eigenvalue weighted by Crippen LogP contribution is -2.22. The molecule has 0 aliphatic heterocycles. The Hall–Kier alpha value is -0.580. The van der Waals surface area contributed by atoms with Gasteiger partial charge >= 0.3 is 0 Å². The highest BCUT2D eigenvalue weighted by atomic mass is 35.5. The molecule has 1 N–H and O–H groups in total. The van der Waals surface area contributed by atoms with Crippen LogP contribution in [0.15, 0.2) is 0 Å². The third-order valence-electron chi connectivity index (χ3n) is 2.53. The first kappa shape index (κ1) is 14.5. The van der Waals surface area contributed by atoms with Crippen molar-refractivity contribution in [1.82, 2.24) is 15.1 Å². The molecule has 0 radical (unpaired) electrons. The fourth-order valence-corrected chi connectivity index (χ4v) is 1.95. The number of nitrogens with zero attached hydrogens (tertiary/aromatic N) is 2. The summed E-state index contributed by atoms with van der Waals surface area (Å²) in [7, 11) is 1.92. The van der Waals surface area contributed by atoms with E-state index in [1.807, 2.05) is 25.6 Å². The van der Waals surface area contributed by atoms with Gasteiger partial charge in [-0.25, -0.2) is 0 Å². The first-order valence-corrected chi connectivity index (χ1v) is 6.46. The highest BCUT2D eigenvalue weighted by molar-refractivity contribution is 6.31. The summed E-state index contributed by atoms with van der Waals surface area (Å²) >= 11 is 6.24. The van der Waals surface area contributed by atoms with E-state index in [-0.39, 0.29) is 6.10 Å². The number of hydrogen-bond acceptors (Lipinski definition) is 3. The number of halogens is 1. The number of aryl methyl sites for hydroxylation is 2. The van der Waals surface area contributed by atoms with E-state index in [2.05, 4.69) is 17.3 Å². The zero-order chi connectivity index (χ0) is 12.8. The van der Waals surface area contributed by atoms with Crippen LogP contribution >= 0.6 is 11.6 Å². The summed E-state index contributed by atoms with van der Waals surface area (Å²) in [5.41, 5.74) is 2.00. The minimum absolute atomic E-state index is 0.281. The van der Waals surface area contributed by atoms with Crippen molar-refractivity contribution in [3.8, 4) is 0 Å². The van der Waals surface area contributed by atoms with Gasteiger partial charge in [0.25, 0.3) is 0 Å². The SMILES string of the molecule is CCc1nn(C)c(CNCCOC(C)C)c1Cl. The monoisotopic (exact) mass is 259 g/mol. The molecule has 0 aliphatic rings. The van der Waals surface area contributed by atoms with Gasteiger partial charge in [0.05, 0.1) is 29.1 Å². The summed E-state index contributed by atoms with van der Waals surface area (Å²) in [5, 5.41) is 8.46. The Balaban J connectivity index is 2.39. The van der Waals surface area contributed by atoms with Crippen molar-refractivity contribution >= 4 is 11.6 Å². The molecule has 1 heterocycles. The Morgan fingerprint density at radius 1 is 1.47 bits per heavy atom. The predicted molar refractivity (Wildman–Crippen MR) is 70.4 cm³/mol. The van der Waals surface area contributed by atoms with Crippen molar-refractivity contribution in [2.24, 2.45) is 7.05 Å². The molecule has 0 saturated carbocycles. The Morgan fingerprint density at radius 3 is 2.71 bits per heavy atom. The topological polar surface area (TPSA) is 39.1 Å². The molecular formula is C12H22ClN3O. The van der Waals surface area contributed by atoms with Gasteiger partial charge in [0, 0.05) is 20.1 Å². The minimum Gasteiger partial charge on any atom is -0.377 e. The Labute approximate surface area is 108 Å². The summed E-state index contributed by atoms with van der Waals surface area (Å²) in [5.74, 6) is 0. The molecule has 0 saturated heterocycles. The van der Waals surface area contributed by atoms with Crippen LogP contribution in [0.1, 0.15) is 32.2 Å². The van der Waals surface area contributed by atoms with Gasteiger partial charge in [-0.2, -0.15) is 5.10 Å². The second kappa shape index (κ2) is 6.99. The lowest BCUT2D eigenvalue weighted by Gasteiger charge is -2.08. The molecular weight excluding hydrogens is 238 g/mol. The van der Waals surface area contributed by atoms with Gasteiger partial charge in [-0.05, 0) is 20.3 Å². The van der Waals surface area contributed by atoms with Crippen molar-refractivity contribution in [2.75, 3.05) is 13.2 Å². The number of rotatable bonds is 7. The van der Waals surface area contributed by atoms with E-state index in [1.165, 1.54) is 0 Å². The second-order valence-electron chi connectivity index (χ2n) is 4.28. The van der Waals surface area contributed by atoms with Crippen LogP contribution in [0, 0.1) is 0 Å². The summed E-state index contributed by atoms with van der Waals surface area (Å²) in [6.45, 7) is 8.39. The predicted octanol–water partition coefficient (Wildman–Crippen LogP) is 2.15. The first-order chi connectivity index (χ1) is 8.06. The highest BCUT2D eigenvalue weighted by Crippen LogP contribution is 2.20. The van der Waals surface area contributed by atoms with E-state index in [1.54, 1.807) is 0 Å². The van der Waals surface area contributed by atoms with Crippen LogP contribution < -0.4 is 5.32 Å². The van der Waals surface area contributed by atoms with Gasteiger partial charge in [-0.15, -0.1) is 0 Å². The van der Waals surface area contributed by atoms with E-state index >= 15 is 0 Å². The Kier molecular flexibility index (Phi) is 5.95. The van der Waals surface area contributed by atoms with Crippen LogP contribution in [0.5, 0.6) is 0 Å². The third kappa shape index (κ3) is 4.30. The van der Waals surface area contributed by atoms with Crippen molar-refractivity contribution in [3.05, 3.63) is 16.4 Å². The van der Waals surface area contributed by atoms with Crippen LogP contribution in [0.25, 0.3) is 0 Å². The molecule has 0 aromatic carbocycles. The molecule has 0 aliphatic carbocycles. The molecule has 98 valence electrons. The molecule has 0 fully saturated rings. The van der Waals surface area contributed by atoms with E-state index in [0.29, 0.717) is 6.61 Å². The minimum atomic E-state index is 0.281. The quantitative estimate of drug-likeness (QED) is 0.763.